The maximum atomic E-state index is 12.3. The Morgan fingerprint density at radius 1 is 1.24 bits per heavy atom. The van der Waals surface area contributed by atoms with Gasteiger partial charge in [0.25, 0.3) is 0 Å². The van der Waals surface area contributed by atoms with Gasteiger partial charge in [-0.15, -0.1) is 11.3 Å². The van der Waals surface area contributed by atoms with Crippen LogP contribution in [0.4, 0.5) is 0 Å². The van der Waals surface area contributed by atoms with Gasteiger partial charge in [-0.2, -0.15) is 0 Å². The zero-order valence-corrected chi connectivity index (χ0v) is 19.1. The Morgan fingerprint density at radius 3 is 2.59 bits per heavy atom. The number of methoxy groups -OCH3 is 1. The van der Waals surface area contributed by atoms with E-state index in [0.29, 0.717) is 19.6 Å². The molecule has 1 aromatic heterocycles. The first-order valence-electron chi connectivity index (χ1n) is 9.74. The molecule has 0 atom stereocenters. The van der Waals surface area contributed by atoms with Gasteiger partial charge in [-0.1, -0.05) is 0 Å². The molecule has 8 heteroatoms. The van der Waals surface area contributed by atoms with Crippen molar-refractivity contribution in [2.75, 3.05) is 32.5 Å². The Kier molecular flexibility index (Phi) is 6.53. The van der Waals surface area contributed by atoms with Crippen LogP contribution in [0.5, 0.6) is 5.75 Å². The minimum Gasteiger partial charge on any atom is -0.497 e. The third-order valence-corrected chi connectivity index (χ3v) is 8.75. The predicted octanol–water partition coefficient (Wildman–Crippen LogP) is 3.40. The van der Waals surface area contributed by atoms with Crippen LogP contribution in [0.15, 0.2) is 41.4 Å². The maximum absolute atomic E-state index is 12.3. The molecule has 0 spiro atoms. The third kappa shape index (κ3) is 4.93. The Labute approximate surface area is 177 Å². The normalized spacial score (nSPS) is 18.5. The summed E-state index contributed by atoms with van der Waals surface area (Å²) in [7, 11) is -1.41. The average molecular weight is 436 g/mol. The fraction of sp³-hybridized carbons (Fsp3) is 0.476. The van der Waals surface area contributed by atoms with Crippen molar-refractivity contribution in [2.45, 2.75) is 32.1 Å². The van der Waals surface area contributed by atoms with Gasteiger partial charge in [0.1, 0.15) is 5.75 Å². The molecule has 0 radical (unpaired) electrons. The zero-order chi connectivity index (χ0) is 21.1. The lowest BCUT2D eigenvalue weighted by atomic mass is 10.2. The van der Waals surface area contributed by atoms with E-state index in [1.54, 1.807) is 32.3 Å². The van der Waals surface area contributed by atoms with E-state index in [-0.39, 0.29) is 5.75 Å². The van der Waals surface area contributed by atoms with E-state index in [2.05, 4.69) is 34.5 Å². The largest absolute Gasteiger partial charge is 0.497 e. The van der Waals surface area contributed by atoms with Gasteiger partial charge in [0.2, 0.25) is 0 Å². The van der Waals surface area contributed by atoms with E-state index in [1.807, 2.05) is 19.1 Å². The van der Waals surface area contributed by atoms with Crippen molar-refractivity contribution in [3.63, 3.8) is 0 Å². The molecule has 1 saturated heterocycles. The topological polar surface area (TPSA) is 71.0 Å². The number of nitrogens with one attached hydrogen (secondary N) is 1. The van der Waals surface area contributed by atoms with Crippen molar-refractivity contribution in [1.82, 2.24) is 10.2 Å². The quantitative estimate of drug-likeness (QED) is 0.576. The van der Waals surface area contributed by atoms with Crippen LogP contribution in [-0.4, -0.2) is 56.5 Å². The minimum absolute atomic E-state index is 0.158. The van der Waals surface area contributed by atoms with E-state index < -0.39 is 14.6 Å². The summed E-state index contributed by atoms with van der Waals surface area (Å²) in [5, 5.41) is 3.31. The highest BCUT2D eigenvalue weighted by atomic mass is 32.2. The molecule has 6 nitrogen and oxygen atoms in total. The molecule has 1 aliphatic rings. The SMILES string of the molecule is CCNC(=NCc1ccc(-c2ccc(OC)cc2)s1)N1CCS(=O)(=O)C(C)(C)C1. The number of nitrogens with zero attached hydrogens (tertiary/aromatic N) is 2. The van der Waals surface area contributed by atoms with Gasteiger partial charge in [-0.05, 0) is 62.7 Å². The molecule has 0 unspecified atom stereocenters. The van der Waals surface area contributed by atoms with E-state index in [0.717, 1.165) is 28.7 Å². The number of sulfone groups is 1. The van der Waals surface area contributed by atoms with Gasteiger partial charge in [-0.25, -0.2) is 13.4 Å². The second-order valence-electron chi connectivity index (χ2n) is 7.66. The number of ether oxygens (including phenoxy) is 1. The van der Waals surface area contributed by atoms with Crippen LogP contribution in [0.3, 0.4) is 0 Å². The molecule has 1 fully saturated rings. The second-order valence-corrected chi connectivity index (χ2v) is 11.6. The minimum atomic E-state index is -3.07. The molecule has 1 aromatic carbocycles. The summed E-state index contributed by atoms with van der Waals surface area (Å²) in [6.07, 6.45) is 0. The van der Waals surface area contributed by atoms with Gasteiger partial charge in [-0.3, -0.25) is 0 Å². The highest BCUT2D eigenvalue weighted by Crippen LogP contribution is 2.30. The summed E-state index contributed by atoms with van der Waals surface area (Å²) >= 11 is 1.72. The molecule has 29 heavy (non-hydrogen) atoms. The molecule has 2 aromatic rings. The molecular weight excluding hydrogens is 406 g/mol. The van der Waals surface area contributed by atoms with Gasteiger partial charge < -0.3 is 15.0 Å². The summed E-state index contributed by atoms with van der Waals surface area (Å²) in [5.41, 5.74) is 1.15. The third-order valence-electron chi connectivity index (χ3n) is 5.10. The lowest BCUT2D eigenvalue weighted by Gasteiger charge is -2.39. The van der Waals surface area contributed by atoms with Crippen LogP contribution in [0.1, 0.15) is 25.6 Å². The molecule has 158 valence electrons. The molecular formula is C21H29N3O3S2. The van der Waals surface area contributed by atoms with Gasteiger partial charge in [0.15, 0.2) is 15.8 Å². The summed E-state index contributed by atoms with van der Waals surface area (Å²) < 4.78 is 29.0. The van der Waals surface area contributed by atoms with Crippen molar-refractivity contribution < 1.29 is 13.2 Å². The van der Waals surface area contributed by atoms with Gasteiger partial charge in [0, 0.05) is 29.4 Å². The first-order chi connectivity index (χ1) is 13.8. The number of hydrogen-bond donors (Lipinski definition) is 1. The number of benzene rings is 1. The monoisotopic (exact) mass is 435 g/mol. The fourth-order valence-electron chi connectivity index (χ4n) is 3.28. The van der Waals surface area contributed by atoms with Crippen molar-refractivity contribution in [2.24, 2.45) is 4.99 Å². The first kappa shape index (κ1) is 21.6. The lowest BCUT2D eigenvalue weighted by molar-refractivity contribution is 0.353. The standard InChI is InChI=1S/C21H29N3O3S2/c1-5-22-20(24-12-13-29(25,26)21(2,3)15-24)23-14-18-10-11-19(28-18)16-6-8-17(27-4)9-7-16/h6-11H,5,12-15H2,1-4H3,(H,22,23). The molecule has 1 aliphatic heterocycles. The number of thiophene rings is 1. The number of hydrogen-bond acceptors (Lipinski definition) is 5. The number of rotatable bonds is 5. The van der Waals surface area contributed by atoms with E-state index in [9.17, 15) is 8.42 Å². The maximum Gasteiger partial charge on any atom is 0.194 e. The molecule has 0 amide bonds. The van der Waals surface area contributed by atoms with Crippen molar-refractivity contribution in [1.29, 1.82) is 0 Å². The second kappa shape index (κ2) is 8.75. The summed E-state index contributed by atoms with van der Waals surface area (Å²) in [6, 6.07) is 12.2. The van der Waals surface area contributed by atoms with E-state index >= 15 is 0 Å². The molecule has 0 saturated carbocycles. The molecule has 1 N–H and O–H groups in total. The zero-order valence-electron chi connectivity index (χ0n) is 17.4. The summed E-state index contributed by atoms with van der Waals surface area (Å²) in [4.78, 5) is 9.19. The van der Waals surface area contributed by atoms with Crippen molar-refractivity contribution in [3.8, 4) is 16.2 Å². The van der Waals surface area contributed by atoms with Crippen LogP contribution in [-0.2, 0) is 16.4 Å². The Hall–Kier alpha value is -2.06. The number of aliphatic imine (C=N–C) groups is 1. The highest BCUT2D eigenvalue weighted by molar-refractivity contribution is 7.92. The smallest absolute Gasteiger partial charge is 0.194 e. The average Bonchev–Trinajstić information content (AvgIpc) is 3.16. The Balaban J connectivity index is 1.73. The molecule has 0 aliphatic carbocycles. The van der Waals surface area contributed by atoms with Crippen LogP contribution in [0, 0.1) is 0 Å². The van der Waals surface area contributed by atoms with Crippen molar-refractivity contribution >= 4 is 27.1 Å². The van der Waals surface area contributed by atoms with Gasteiger partial charge in [0.05, 0.1) is 24.2 Å². The Morgan fingerprint density at radius 2 is 1.97 bits per heavy atom. The first-order valence-corrected chi connectivity index (χ1v) is 12.2. The van der Waals surface area contributed by atoms with Crippen LogP contribution in [0.2, 0.25) is 0 Å². The summed E-state index contributed by atoms with van der Waals surface area (Å²) in [6.45, 7) is 7.82. The summed E-state index contributed by atoms with van der Waals surface area (Å²) in [5.74, 6) is 1.78. The number of guanidine groups is 1. The van der Waals surface area contributed by atoms with Crippen LogP contribution < -0.4 is 10.1 Å². The van der Waals surface area contributed by atoms with Gasteiger partial charge >= 0.3 is 0 Å². The Bertz CT molecular complexity index is 963. The molecule has 3 rings (SSSR count). The highest BCUT2D eigenvalue weighted by Gasteiger charge is 2.40. The predicted molar refractivity (Wildman–Crippen MR) is 121 cm³/mol. The molecule has 2 heterocycles. The van der Waals surface area contributed by atoms with Crippen molar-refractivity contribution in [3.05, 3.63) is 41.3 Å². The van der Waals surface area contributed by atoms with E-state index in [1.165, 1.54) is 4.88 Å². The van der Waals surface area contributed by atoms with Crippen LogP contribution >= 0.6 is 11.3 Å². The fourth-order valence-corrected chi connectivity index (χ4v) is 5.58. The van der Waals surface area contributed by atoms with E-state index in [4.69, 9.17) is 9.73 Å². The molecule has 0 bridgehead atoms. The lowest BCUT2D eigenvalue weighted by Crippen LogP contribution is -2.57. The van der Waals surface area contributed by atoms with Crippen LogP contribution in [0.25, 0.3) is 10.4 Å².